The molecule has 2 unspecified atom stereocenters. The van der Waals surface area contributed by atoms with Crippen LogP contribution < -0.4 is 5.73 Å². The minimum atomic E-state index is -3.59. The lowest BCUT2D eigenvalue weighted by Gasteiger charge is -2.34. The molecule has 2 rings (SSSR count). The summed E-state index contributed by atoms with van der Waals surface area (Å²) in [5, 5.41) is 10.0. The van der Waals surface area contributed by atoms with Crippen LogP contribution in [0.5, 0.6) is 0 Å². The number of nitrogens with two attached hydrogens (primary N) is 1. The van der Waals surface area contributed by atoms with Crippen LogP contribution in [0.25, 0.3) is 0 Å². The van der Waals surface area contributed by atoms with Gasteiger partial charge in [-0.05, 0) is 43.5 Å². The molecule has 1 saturated carbocycles. The van der Waals surface area contributed by atoms with E-state index in [-0.39, 0.29) is 10.9 Å². The van der Waals surface area contributed by atoms with Crippen LogP contribution in [0, 0.1) is 6.92 Å². The van der Waals surface area contributed by atoms with Crippen LogP contribution in [0.1, 0.15) is 31.2 Å². The molecule has 1 aromatic carbocycles. The van der Waals surface area contributed by atoms with E-state index in [9.17, 15) is 13.5 Å². The average molecular weight is 298 g/mol. The number of anilines is 1. The highest BCUT2D eigenvalue weighted by Crippen LogP contribution is 2.27. The second kappa shape index (κ2) is 5.71. The number of aryl methyl sites for hydroxylation is 1. The molecule has 0 spiro atoms. The summed E-state index contributed by atoms with van der Waals surface area (Å²) in [6, 6.07) is 4.36. The zero-order valence-corrected chi connectivity index (χ0v) is 12.7. The molecule has 20 heavy (non-hydrogen) atoms. The number of nitrogens with zero attached hydrogens (tertiary/aromatic N) is 1. The Kier molecular flexibility index (Phi) is 4.36. The van der Waals surface area contributed by atoms with Gasteiger partial charge in [0.25, 0.3) is 0 Å². The van der Waals surface area contributed by atoms with Gasteiger partial charge in [0.1, 0.15) is 0 Å². The summed E-state index contributed by atoms with van der Waals surface area (Å²) >= 11 is 0. The number of aliphatic hydroxyl groups excluding tert-OH is 1. The Morgan fingerprint density at radius 2 is 1.95 bits per heavy atom. The van der Waals surface area contributed by atoms with Gasteiger partial charge in [0.15, 0.2) is 0 Å². The lowest BCUT2D eigenvalue weighted by molar-refractivity contribution is 0.0638. The van der Waals surface area contributed by atoms with Crippen LogP contribution in [-0.4, -0.2) is 37.0 Å². The van der Waals surface area contributed by atoms with Crippen LogP contribution in [0.2, 0.25) is 0 Å². The van der Waals surface area contributed by atoms with Crippen LogP contribution in [0.4, 0.5) is 5.69 Å². The highest BCUT2D eigenvalue weighted by molar-refractivity contribution is 7.89. The highest BCUT2D eigenvalue weighted by atomic mass is 32.2. The highest BCUT2D eigenvalue weighted by Gasteiger charge is 2.34. The lowest BCUT2D eigenvalue weighted by Crippen LogP contribution is -2.46. The Labute approximate surface area is 120 Å². The van der Waals surface area contributed by atoms with Crippen molar-refractivity contribution in [2.45, 2.75) is 49.6 Å². The maximum Gasteiger partial charge on any atom is 0.243 e. The molecule has 0 radical (unpaired) electrons. The predicted molar refractivity (Wildman–Crippen MR) is 78.8 cm³/mol. The molecule has 0 saturated heterocycles. The second-order valence-corrected chi connectivity index (χ2v) is 7.46. The molecule has 0 aromatic heterocycles. The number of benzene rings is 1. The first kappa shape index (κ1) is 15.3. The molecule has 112 valence electrons. The van der Waals surface area contributed by atoms with E-state index in [1.807, 2.05) is 0 Å². The van der Waals surface area contributed by atoms with Crippen LogP contribution in [0.15, 0.2) is 23.1 Å². The van der Waals surface area contributed by atoms with E-state index in [2.05, 4.69) is 0 Å². The molecular formula is C14H22N2O3S. The predicted octanol–water partition coefficient (Wildman–Crippen LogP) is 1.50. The normalized spacial score (nSPS) is 24.0. The van der Waals surface area contributed by atoms with Crippen molar-refractivity contribution in [3.8, 4) is 0 Å². The number of rotatable bonds is 3. The molecule has 5 nitrogen and oxygen atoms in total. The van der Waals surface area contributed by atoms with Gasteiger partial charge in [-0.2, -0.15) is 4.31 Å². The van der Waals surface area contributed by atoms with Crippen molar-refractivity contribution in [1.82, 2.24) is 4.31 Å². The summed E-state index contributed by atoms with van der Waals surface area (Å²) in [4.78, 5) is 0.226. The molecule has 0 aliphatic heterocycles. The third-order valence-electron chi connectivity index (χ3n) is 4.08. The number of likely N-dealkylation sites (N-methyl/N-ethyl adjacent to an activating group) is 1. The molecule has 1 aliphatic rings. The van der Waals surface area contributed by atoms with Gasteiger partial charge >= 0.3 is 0 Å². The minimum absolute atomic E-state index is 0.226. The van der Waals surface area contributed by atoms with Crippen molar-refractivity contribution in [2.24, 2.45) is 0 Å². The third-order valence-corrected chi connectivity index (χ3v) is 5.96. The Balaban J connectivity index is 2.31. The van der Waals surface area contributed by atoms with Gasteiger partial charge in [0, 0.05) is 12.7 Å². The maximum atomic E-state index is 12.6. The summed E-state index contributed by atoms with van der Waals surface area (Å²) in [5.41, 5.74) is 7.04. The van der Waals surface area contributed by atoms with E-state index in [4.69, 9.17) is 5.73 Å². The van der Waals surface area contributed by atoms with E-state index in [1.165, 1.54) is 10.4 Å². The number of sulfonamides is 1. The molecule has 0 bridgehead atoms. The smallest absolute Gasteiger partial charge is 0.243 e. The van der Waals surface area contributed by atoms with Gasteiger partial charge in [0.05, 0.1) is 17.0 Å². The first-order valence-corrected chi connectivity index (χ1v) is 8.30. The average Bonchev–Trinajstić information content (AvgIpc) is 2.41. The van der Waals surface area contributed by atoms with E-state index < -0.39 is 16.1 Å². The fourth-order valence-corrected chi connectivity index (χ4v) is 4.17. The van der Waals surface area contributed by atoms with Gasteiger partial charge < -0.3 is 10.8 Å². The summed E-state index contributed by atoms with van der Waals surface area (Å²) in [6.07, 6.45) is 2.67. The monoisotopic (exact) mass is 298 g/mol. The molecular weight excluding hydrogens is 276 g/mol. The van der Waals surface area contributed by atoms with Gasteiger partial charge in [-0.25, -0.2) is 8.42 Å². The third kappa shape index (κ3) is 2.82. The molecule has 2 atom stereocenters. The first-order valence-electron chi connectivity index (χ1n) is 6.86. The van der Waals surface area contributed by atoms with Crippen molar-refractivity contribution >= 4 is 15.7 Å². The van der Waals surface area contributed by atoms with E-state index in [0.29, 0.717) is 18.5 Å². The molecule has 0 amide bonds. The first-order chi connectivity index (χ1) is 9.34. The van der Waals surface area contributed by atoms with Crippen LogP contribution in [0.3, 0.4) is 0 Å². The van der Waals surface area contributed by atoms with Crippen LogP contribution >= 0.6 is 0 Å². The summed E-state index contributed by atoms with van der Waals surface area (Å²) in [7, 11) is -2.05. The number of hydrogen-bond donors (Lipinski definition) is 2. The Bertz CT molecular complexity index is 586. The van der Waals surface area contributed by atoms with Gasteiger partial charge in [0.2, 0.25) is 10.0 Å². The molecule has 1 aromatic rings. The molecule has 0 heterocycles. The van der Waals surface area contributed by atoms with Crippen molar-refractivity contribution in [3.05, 3.63) is 23.8 Å². The maximum absolute atomic E-state index is 12.6. The summed E-state index contributed by atoms with van der Waals surface area (Å²) in [6.45, 7) is 1.78. The zero-order valence-electron chi connectivity index (χ0n) is 11.9. The molecule has 3 N–H and O–H groups in total. The largest absolute Gasteiger partial charge is 0.399 e. The molecule has 1 fully saturated rings. The number of aliphatic hydroxyl groups is 1. The number of hydrogen-bond acceptors (Lipinski definition) is 4. The van der Waals surface area contributed by atoms with Gasteiger partial charge in [-0.15, -0.1) is 0 Å². The summed E-state index contributed by atoms with van der Waals surface area (Å²) in [5.74, 6) is 0. The van der Waals surface area contributed by atoms with Crippen LogP contribution in [-0.2, 0) is 10.0 Å². The fourth-order valence-electron chi connectivity index (χ4n) is 2.67. The molecule has 1 aliphatic carbocycles. The van der Waals surface area contributed by atoms with Gasteiger partial charge in [-0.3, -0.25) is 0 Å². The van der Waals surface area contributed by atoms with Crippen molar-refractivity contribution in [1.29, 1.82) is 0 Å². The second-order valence-electron chi connectivity index (χ2n) is 5.46. The van der Waals surface area contributed by atoms with E-state index in [0.717, 1.165) is 18.4 Å². The van der Waals surface area contributed by atoms with Crippen molar-refractivity contribution < 1.29 is 13.5 Å². The van der Waals surface area contributed by atoms with Crippen molar-refractivity contribution in [3.63, 3.8) is 0 Å². The van der Waals surface area contributed by atoms with Crippen molar-refractivity contribution in [2.75, 3.05) is 12.8 Å². The summed E-state index contributed by atoms with van der Waals surface area (Å²) < 4.78 is 26.5. The number of nitrogen functional groups attached to an aromatic ring is 1. The Morgan fingerprint density at radius 3 is 2.55 bits per heavy atom. The standard InChI is InChI=1S/C14H22N2O3S/c1-10-9-11(7-8-12(10)15)20(18,19)16(2)13-5-3-4-6-14(13)17/h7-9,13-14,17H,3-6,15H2,1-2H3. The van der Waals surface area contributed by atoms with E-state index in [1.54, 1.807) is 26.1 Å². The quantitative estimate of drug-likeness (QED) is 0.828. The molecule has 6 heteroatoms. The topological polar surface area (TPSA) is 83.6 Å². The van der Waals surface area contributed by atoms with Gasteiger partial charge in [-0.1, -0.05) is 12.8 Å². The van der Waals surface area contributed by atoms with E-state index >= 15 is 0 Å². The minimum Gasteiger partial charge on any atom is -0.399 e. The SMILES string of the molecule is Cc1cc(S(=O)(=O)N(C)C2CCCCC2O)ccc1N. The Morgan fingerprint density at radius 1 is 1.30 bits per heavy atom. The lowest BCUT2D eigenvalue weighted by atomic mass is 9.93. The zero-order chi connectivity index (χ0) is 14.9. The fraction of sp³-hybridized carbons (Fsp3) is 0.571. The Hall–Kier alpha value is -1.11.